The molecule has 44 heavy (non-hydrogen) atoms. The van der Waals surface area contributed by atoms with Crippen molar-refractivity contribution in [1.82, 2.24) is 19.7 Å². The van der Waals surface area contributed by atoms with Gasteiger partial charge in [0.05, 0.1) is 18.4 Å². The second kappa shape index (κ2) is 13.0. The number of esters is 1. The van der Waals surface area contributed by atoms with Crippen LogP contribution in [0.1, 0.15) is 32.0 Å². The summed E-state index contributed by atoms with van der Waals surface area (Å²) in [5.74, 6) is -0.200. The van der Waals surface area contributed by atoms with Crippen molar-refractivity contribution in [2.24, 2.45) is 0 Å². The molecule has 0 radical (unpaired) electrons. The third-order valence-electron chi connectivity index (χ3n) is 7.27. The number of aliphatic hydroxyl groups excluding tert-OH is 2. The molecule has 234 valence electrons. The highest BCUT2D eigenvalue weighted by Gasteiger charge is 2.54. The number of fused-ring (bicyclic) bond motifs is 1. The molecule has 0 spiro atoms. The molecule has 1 aliphatic rings. The van der Waals surface area contributed by atoms with E-state index < -0.39 is 56.4 Å². The summed E-state index contributed by atoms with van der Waals surface area (Å²) >= 11 is 0. The maximum absolute atomic E-state index is 14.3. The largest absolute Gasteiger partial charge is 0.462 e. The van der Waals surface area contributed by atoms with Crippen LogP contribution in [0.4, 0.5) is 5.82 Å². The van der Waals surface area contributed by atoms with Crippen molar-refractivity contribution in [3.8, 4) is 5.75 Å². The Balaban J connectivity index is 1.40. The van der Waals surface area contributed by atoms with Crippen LogP contribution in [-0.2, 0) is 35.4 Å². The average Bonchev–Trinajstić information content (AvgIpc) is 3.53. The first-order valence-corrected chi connectivity index (χ1v) is 15.7. The van der Waals surface area contributed by atoms with E-state index in [0.717, 1.165) is 5.56 Å². The van der Waals surface area contributed by atoms with Gasteiger partial charge in [-0.25, -0.2) is 14.1 Å². The first-order valence-electron chi connectivity index (χ1n) is 14.1. The van der Waals surface area contributed by atoms with E-state index in [1.54, 1.807) is 63.2 Å². The summed E-state index contributed by atoms with van der Waals surface area (Å²) in [7, 11) is -4.34. The number of aromatic nitrogens is 3. The number of ether oxygens (including phenoxy) is 2. The number of carbonyl (C=O) groups excluding carboxylic acids is 1. The molecule has 6 atom stereocenters. The summed E-state index contributed by atoms with van der Waals surface area (Å²) in [5.41, 5.74) is 6.21. The predicted octanol–water partition coefficient (Wildman–Crippen LogP) is 3.00. The Morgan fingerprint density at radius 1 is 1.11 bits per heavy atom. The molecule has 1 unspecified atom stereocenters. The molecule has 3 heterocycles. The van der Waals surface area contributed by atoms with Gasteiger partial charge in [0.2, 0.25) is 0 Å². The van der Waals surface area contributed by atoms with Crippen molar-refractivity contribution in [2.45, 2.75) is 63.3 Å². The molecule has 0 amide bonds. The van der Waals surface area contributed by atoms with Gasteiger partial charge in [-0.15, -0.1) is 0 Å². The van der Waals surface area contributed by atoms with Crippen molar-refractivity contribution < 1.29 is 38.1 Å². The van der Waals surface area contributed by atoms with E-state index in [9.17, 15) is 19.6 Å². The number of rotatable bonds is 12. The Morgan fingerprint density at radius 2 is 1.80 bits per heavy atom. The number of anilines is 1. The molecule has 14 heteroatoms. The van der Waals surface area contributed by atoms with Crippen LogP contribution in [0.15, 0.2) is 79.1 Å². The van der Waals surface area contributed by atoms with Crippen molar-refractivity contribution in [3.05, 3.63) is 90.4 Å². The van der Waals surface area contributed by atoms with Crippen molar-refractivity contribution in [1.29, 1.82) is 0 Å². The third kappa shape index (κ3) is 6.78. The molecule has 4 aromatic rings. The summed E-state index contributed by atoms with van der Waals surface area (Å²) in [4.78, 5) is 17.1. The van der Waals surface area contributed by atoms with Gasteiger partial charge in [-0.2, -0.15) is 10.2 Å². The van der Waals surface area contributed by atoms with Gasteiger partial charge in [0.15, 0.2) is 5.82 Å². The number of hydrogen-bond acceptors (Lipinski definition) is 11. The van der Waals surface area contributed by atoms with E-state index in [1.165, 1.54) is 10.8 Å². The smallest absolute Gasteiger partial charge is 0.459 e. The zero-order chi connectivity index (χ0) is 31.5. The molecule has 0 bridgehead atoms. The summed E-state index contributed by atoms with van der Waals surface area (Å²) < 4.78 is 39.1. The Kier molecular flexibility index (Phi) is 9.35. The number of hydrogen-bond donors (Lipinski definition) is 4. The zero-order valence-electron chi connectivity index (χ0n) is 24.5. The van der Waals surface area contributed by atoms with Crippen LogP contribution in [0.5, 0.6) is 5.75 Å². The topological polar surface area (TPSA) is 180 Å². The number of nitrogens with two attached hydrogens (primary N) is 1. The molecule has 1 aliphatic heterocycles. The molecule has 1 saturated heterocycles. The van der Waals surface area contributed by atoms with E-state index >= 15 is 0 Å². The van der Waals surface area contributed by atoms with Crippen molar-refractivity contribution >= 4 is 25.1 Å². The molecule has 0 saturated carbocycles. The van der Waals surface area contributed by atoms with Gasteiger partial charge in [-0.05, 0) is 57.0 Å². The van der Waals surface area contributed by atoms with Crippen LogP contribution in [-0.4, -0.2) is 67.8 Å². The van der Waals surface area contributed by atoms with Crippen LogP contribution >= 0.6 is 7.75 Å². The van der Waals surface area contributed by atoms with E-state index in [4.69, 9.17) is 24.3 Å². The Hall–Kier alpha value is -3.84. The van der Waals surface area contributed by atoms with Gasteiger partial charge in [-0.1, -0.05) is 48.5 Å². The second-order valence-corrected chi connectivity index (χ2v) is 12.6. The molecule has 2 aromatic carbocycles. The Morgan fingerprint density at radius 3 is 2.48 bits per heavy atom. The Labute approximate surface area is 254 Å². The fraction of sp³-hybridized carbons (Fsp3) is 0.367. The third-order valence-corrected chi connectivity index (χ3v) is 8.83. The van der Waals surface area contributed by atoms with Gasteiger partial charge < -0.3 is 29.9 Å². The van der Waals surface area contributed by atoms with Crippen molar-refractivity contribution in [2.75, 3.05) is 12.3 Å². The minimum atomic E-state index is -4.34. The number of benzene rings is 2. The molecule has 0 aliphatic carbocycles. The standard InChI is InChI=1S/C30H36N5O8P/c1-19(2)41-29(38)22(16-20-10-6-4-7-11-20)34-44(39,43-21-12-8-5-9-13-21)40-17-24-26(36)27(37)30(3,42-24)25-15-14-23-28(31)32-18-33-35(23)25/h4-15,18-19,22,24,26-27,36-37H,16-17H2,1-3H3,(H,34,39)(H2,31,32,33)/t22-,24+,26+,27+,30-,44?/m0/s1. The van der Waals surface area contributed by atoms with Crippen LogP contribution in [0.2, 0.25) is 0 Å². The predicted molar refractivity (Wildman–Crippen MR) is 161 cm³/mol. The van der Waals surface area contributed by atoms with E-state index in [1.807, 2.05) is 30.3 Å². The van der Waals surface area contributed by atoms with Crippen LogP contribution in [0, 0.1) is 0 Å². The highest BCUT2D eigenvalue weighted by Crippen LogP contribution is 2.47. The van der Waals surface area contributed by atoms with E-state index in [2.05, 4.69) is 15.2 Å². The van der Waals surface area contributed by atoms with Gasteiger partial charge in [0.1, 0.15) is 47.5 Å². The highest BCUT2D eigenvalue weighted by atomic mass is 31.2. The lowest BCUT2D eigenvalue weighted by atomic mass is 9.93. The fourth-order valence-electron chi connectivity index (χ4n) is 5.07. The lowest BCUT2D eigenvalue weighted by molar-refractivity contribution is -0.149. The van der Waals surface area contributed by atoms with Gasteiger partial charge >= 0.3 is 13.7 Å². The van der Waals surface area contributed by atoms with E-state index in [-0.39, 0.29) is 18.0 Å². The highest BCUT2D eigenvalue weighted by molar-refractivity contribution is 7.52. The molecular weight excluding hydrogens is 589 g/mol. The van der Waals surface area contributed by atoms with Crippen LogP contribution < -0.4 is 15.3 Å². The number of nitrogen functional groups attached to an aromatic ring is 1. The molecule has 2 aromatic heterocycles. The minimum Gasteiger partial charge on any atom is -0.462 e. The number of para-hydroxylation sites is 1. The van der Waals surface area contributed by atoms with E-state index in [0.29, 0.717) is 11.2 Å². The first-order chi connectivity index (χ1) is 21.0. The SMILES string of the molecule is CC(C)OC(=O)[C@H](Cc1ccccc1)NP(=O)(OC[C@H]1O[C@@](C)(c2ccc3c(N)ncnn23)[C@H](O)[C@@H]1O)Oc1ccccc1. The summed E-state index contributed by atoms with van der Waals surface area (Å²) in [6, 6.07) is 19.7. The second-order valence-electron chi connectivity index (χ2n) is 10.9. The summed E-state index contributed by atoms with van der Waals surface area (Å²) in [6.45, 7) is 4.55. The minimum absolute atomic E-state index is 0.128. The van der Waals surface area contributed by atoms with Gasteiger partial charge in [0.25, 0.3) is 0 Å². The van der Waals surface area contributed by atoms with Gasteiger partial charge in [-0.3, -0.25) is 9.32 Å². The number of carbonyl (C=O) groups is 1. The lowest BCUT2D eigenvalue weighted by Gasteiger charge is -2.28. The van der Waals surface area contributed by atoms with Crippen LogP contribution in [0.3, 0.4) is 0 Å². The number of aliphatic hydroxyl groups is 2. The molecule has 13 nitrogen and oxygen atoms in total. The molecule has 1 fully saturated rings. The lowest BCUT2D eigenvalue weighted by Crippen LogP contribution is -2.41. The number of nitrogens with one attached hydrogen (secondary N) is 1. The normalized spacial score (nSPS) is 23.8. The summed E-state index contributed by atoms with van der Waals surface area (Å²) in [6.07, 6.45) is -3.04. The van der Waals surface area contributed by atoms with Crippen LogP contribution in [0.25, 0.3) is 5.52 Å². The van der Waals surface area contributed by atoms with Gasteiger partial charge in [0, 0.05) is 0 Å². The zero-order valence-corrected chi connectivity index (χ0v) is 25.4. The molecule has 5 N–H and O–H groups in total. The quantitative estimate of drug-likeness (QED) is 0.134. The summed E-state index contributed by atoms with van der Waals surface area (Å²) in [5, 5.41) is 29.1. The Bertz CT molecular complexity index is 1620. The first kappa shape index (κ1) is 31.6. The maximum atomic E-state index is 14.3. The molecule has 5 rings (SSSR count). The maximum Gasteiger partial charge on any atom is 0.459 e. The van der Waals surface area contributed by atoms with Crippen molar-refractivity contribution in [3.63, 3.8) is 0 Å². The number of nitrogens with zero attached hydrogens (tertiary/aromatic N) is 3. The fourth-order valence-corrected chi connectivity index (χ4v) is 6.58. The average molecular weight is 626 g/mol. The molecular formula is C30H36N5O8P. The monoisotopic (exact) mass is 625 g/mol.